The van der Waals surface area contributed by atoms with Gasteiger partial charge >= 0.3 is 0 Å². The van der Waals surface area contributed by atoms with Gasteiger partial charge in [0.1, 0.15) is 24.9 Å². The molecular weight excluding hydrogens is 356 g/mol. The van der Waals surface area contributed by atoms with Crippen LogP contribution in [0.15, 0.2) is 12.1 Å². The summed E-state index contributed by atoms with van der Waals surface area (Å²) in [4.78, 5) is 12.5. The lowest BCUT2D eigenvalue weighted by Gasteiger charge is -2.23. The smallest absolute Gasteiger partial charge is 0.224 e. The van der Waals surface area contributed by atoms with Crippen molar-refractivity contribution >= 4 is 17.5 Å². The van der Waals surface area contributed by atoms with E-state index in [9.17, 15) is 4.79 Å². The summed E-state index contributed by atoms with van der Waals surface area (Å²) in [5.41, 5.74) is 1.01. The predicted octanol–water partition coefficient (Wildman–Crippen LogP) is 1.93. The molecule has 8 heteroatoms. The van der Waals surface area contributed by atoms with E-state index >= 15 is 0 Å². The Balaban J connectivity index is 1.33. The van der Waals surface area contributed by atoms with Gasteiger partial charge in [-0.25, -0.2) is 0 Å². The molecule has 4 rings (SSSR count). The minimum absolute atomic E-state index is 0.0407. The molecule has 1 aromatic carbocycles. The number of nitrogens with one attached hydrogen (secondary N) is 1. The minimum Gasteiger partial charge on any atom is -0.486 e. The molecule has 2 aliphatic heterocycles. The molecule has 138 valence electrons. The SMILES string of the molecule is Cc1nnc2n1CC(C(=O)NCCc1cc(Cl)c3c(c1)OCCO3)CC2. The molecule has 1 unspecified atom stereocenters. The first kappa shape index (κ1) is 17.1. The number of fused-ring (bicyclic) bond motifs is 2. The van der Waals surface area contributed by atoms with E-state index in [1.807, 2.05) is 23.6 Å². The Bertz CT molecular complexity index is 836. The minimum atomic E-state index is -0.0407. The fourth-order valence-electron chi connectivity index (χ4n) is 3.46. The molecule has 0 fully saturated rings. The van der Waals surface area contributed by atoms with Crippen molar-refractivity contribution in [2.24, 2.45) is 5.92 Å². The van der Waals surface area contributed by atoms with E-state index in [1.165, 1.54) is 0 Å². The van der Waals surface area contributed by atoms with Crippen LogP contribution in [-0.4, -0.2) is 40.4 Å². The second-order valence-corrected chi connectivity index (χ2v) is 7.06. The molecule has 3 heterocycles. The number of nitrogens with zero attached hydrogens (tertiary/aromatic N) is 3. The predicted molar refractivity (Wildman–Crippen MR) is 95.7 cm³/mol. The Labute approximate surface area is 156 Å². The number of carbonyl (C=O) groups excluding carboxylic acids is 1. The number of benzene rings is 1. The van der Waals surface area contributed by atoms with Gasteiger partial charge < -0.3 is 19.4 Å². The Morgan fingerprint density at radius 2 is 2.19 bits per heavy atom. The maximum Gasteiger partial charge on any atom is 0.224 e. The normalized spacial score (nSPS) is 18.3. The largest absolute Gasteiger partial charge is 0.486 e. The van der Waals surface area contributed by atoms with Gasteiger partial charge in [-0.1, -0.05) is 11.6 Å². The molecule has 1 N–H and O–H groups in total. The molecule has 1 aromatic heterocycles. The van der Waals surface area contributed by atoms with E-state index in [1.54, 1.807) is 0 Å². The van der Waals surface area contributed by atoms with E-state index in [2.05, 4.69) is 15.5 Å². The second kappa shape index (κ2) is 7.15. The number of hydrogen-bond acceptors (Lipinski definition) is 5. The van der Waals surface area contributed by atoms with Crippen LogP contribution in [0.25, 0.3) is 0 Å². The quantitative estimate of drug-likeness (QED) is 0.882. The third-order valence-electron chi connectivity index (χ3n) is 4.87. The van der Waals surface area contributed by atoms with Gasteiger partial charge in [-0.15, -0.1) is 10.2 Å². The van der Waals surface area contributed by atoms with Crippen LogP contribution in [0.1, 0.15) is 23.6 Å². The summed E-state index contributed by atoms with van der Waals surface area (Å²) in [6.07, 6.45) is 2.28. The van der Waals surface area contributed by atoms with Crippen molar-refractivity contribution < 1.29 is 14.3 Å². The summed E-state index contributed by atoms with van der Waals surface area (Å²) >= 11 is 6.26. The van der Waals surface area contributed by atoms with Crippen LogP contribution in [0.4, 0.5) is 0 Å². The summed E-state index contributed by atoms with van der Waals surface area (Å²) in [6, 6.07) is 3.80. The maximum atomic E-state index is 12.5. The molecule has 26 heavy (non-hydrogen) atoms. The zero-order valence-corrected chi connectivity index (χ0v) is 15.4. The highest BCUT2D eigenvalue weighted by Gasteiger charge is 2.26. The highest BCUT2D eigenvalue weighted by molar-refractivity contribution is 6.32. The van der Waals surface area contributed by atoms with Crippen LogP contribution in [-0.2, 0) is 24.2 Å². The number of carbonyl (C=O) groups is 1. The Morgan fingerprint density at radius 1 is 1.35 bits per heavy atom. The van der Waals surface area contributed by atoms with Crippen LogP contribution < -0.4 is 14.8 Å². The van der Waals surface area contributed by atoms with Crippen LogP contribution >= 0.6 is 11.6 Å². The number of halogens is 1. The van der Waals surface area contributed by atoms with Gasteiger partial charge in [0.05, 0.1) is 10.9 Å². The lowest BCUT2D eigenvalue weighted by atomic mass is 9.98. The molecule has 2 aliphatic rings. The summed E-state index contributed by atoms with van der Waals surface area (Å²) < 4.78 is 13.2. The van der Waals surface area contributed by atoms with Crippen molar-refractivity contribution in [2.45, 2.75) is 32.7 Å². The van der Waals surface area contributed by atoms with Gasteiger partial charge in [-0.05, 0) is 37.5 Å². The van der Waals surface area contributed by atoms with Gasteiger partial charge in [0.25, 0.3) is 0 Å². The molecule has 0 aliphatic carbocycles. The summed E-state index contributed by atoms with van der Waals surface area (Å²) in [5, 5.41) is 11.8. The highest BCUT2D eigenvalue weighted by atomic mass is 35.5. The van der Waals surface area contributed by atoms with Crippen LogP contribution in [0.3, 0.4) is 0 Å². The van der Waals surface area contributed by atoms with Crippen molar-refractivity contribution in [3.05, 3.63) is 34.4 Å². The molecule has 0 saturated carbocycles. The summed E-state index contributed by atoms with van der Waals surface area (Å²) in [6.45, 7) is 4.16. The second-order valence-electron chi connectivity index (χ2n) is 6.65. The van der Waals surface area contributed by atoms with E-state index in [4.69, 9.17) is 21.1 Å². The first-order chi connectivity index (χ1) is 12.6. The van der Waals surface area contributed by atoms with Crippen molar-refractivity contribution in [2.75, 3.05) is 19.8 Å². The maximum absolute atomic E-state index is 12.5. The fraction of sp³-hybridized carbons (Fsp3) is 0.500. The number of rotatable bonds is 4. The lowest BCUT2D eigenvalue weighted by Crippen LogP contribution is -2.37. The van der Waals surface area contributed by atoms with E-state index in [0.29, 0.717) is 49.2 Å². The zero-order valence-electron chi connectivity index (χ0n) is 14.6. The van der Waals surface area contributed by atoms with E-state index in [0.717, 1.165) is 30.1 Å². The topological polar surface area (TPSA) is 78.3 Å². The molecule has 1 amide bonds. The van der Waals surface area contributed by atoms with E-state index in [-0.39, 0.29) is 11.8 Å². The van der Waals surface area contributed by atoms with E-state index < -0.39 is 0 Å². The molecule has 0 spiro atoms. The van der Waals surface area contributed by atoms with Gasteiger partial charge in [-0.2, -0.15) is 0 Å². The zero-order chi connectivity index (χ0) is 18.1. The molecule has 0 bridgehead atoms. The van der Waals surface area contributed by atoms with Crippen molar-refractivity contribution in [1.29, 1.82) is 0 Å². The number of aryl methyl sites for hydroxylation is 2. The first-order valence-electron chi connectivity index (χ1n) is 8.86. The number of amides is 1. The molecular formula is C18H21ClN4O3. The lowest BCUT2D eigenvalue weighted by molar-refractivity contribution is -0.125. The Hall–Kier alpha value is -2.28. The molecule has 1 atom stereocenters. The van der Waals surface area contributed by atoms with Crippen molar-refractivity contribution in [3.8, 4) is 11.5 Å². The van der Waals surface area contributed by atoms with Crippen LogP contribution in [0.2, 0.25) is 5.02 Å². The first-order valence-corrected chi connectivity index (χ1v) is 9.24. The molecule has 0 radical (unpaired) electrons. The monoisotopic (exact) mass is 376 g/mol. The van der Waals surface area contributed by atoms with Gasteiger partial charge in [0, 0.05) is 19.5 Å². The third-order valence-corrected chi connectivity index (χ3v) is 5.15. The van der Waals surface area contributed by atoms with Gasteiger partial charge in [0.2, 0.25) is 5.91 Å². The van der Waals surface area contributed by atoms with Crippen molar-refractivity contribution in [1.82, 2.24) is 20.1 Å². The van der Waals surface area contributed by atoms with Crippen LogP contribution in [0.5, 0.6) is 11.5 Å². The third kappa shape index (κ3) is 3.35. The number of ether oxygens (including phenoxy) is 2. The summed E-state index contributed by atoms with van der Waals surface area (Å²) in [5.74, 6) is 3.15. The Morgan fingerprint density at radius 3 is 3.08 bits per heavy atom. The Kier molecular flexibility index (Phi) is 4.72. The van der Waals surface area contributed by atoms with Crippen molar-refractivity contribution in [3.63, 3.8) is 0 Å². The standard InChI is InChI=1S/C18H21ClN4O3/c1-11-21-22-16-3-2-13(10-23(11)16)18(24)20-5-4-12-8-14(19)17-15(9-12)25-6-7-26-17/h8-9,13H,2-7,10H2,1H3,(H,20,24). The summed E-state index contributed by atoms with van der Waals surface area (Å²) in [7, 11) is 0. The average molecular weight is 377 g/mol. The molecule has 0 saturated heterocycles. The highest BCUT2D eigenvalue weighted by Crippen LogP contribution is 2.38. The molecule has 7 nitrogen and oxygen atoms in total. The fourth-order valence-corrected chi connectivity index (χ4v) is 3.75. The van der Waals surface area contributed by atoms with Crippen LogP contribution in [0, 0.1) is 12.8 Å². The number of aromatic nitrogens is 3. The molecule has 2 aromatic rings. The van der Waals surface area contributed by atoms with Gasteiger partial charge in [0.15, 0.2) is 11.5 Å². The number of hydrogen-bond donors (Lipinski definition) is 1. The average Bonchev–Trinajstić information content (AvgIpc) is 3.02. The van der Waals surface area contributed by atoms with Gasteiger partial charge in [-0.3, -0.25) is 4.79 Å².